The summed E-state index contributed by atoms with van der Waals surface area (Å²) in [7, 11) is 0. The van der Waals surface area contributed by atoms with Crippen LogP contribution >= 0.6 is 11.6 Å². The Morgan fingerprint density at radius 1 is 1.20 bits per heavy atom. The fraction of sp³-hybridized carbons (Fsp3) is 0.733. The summed E-state index contributed by atoms with van der Waals surface area (Å²) in [5.74, 6) is 0.447. The summed E-state index contributed by atoms with van der Waals surface area (Å²) in [5.41, 5.74) is -0.118. The molecule has 138 valence electrons. The van der Waals surface area contributed by atoms with Gasteiger partial charge >= 0.3 is 5.69 Å². The minimum Gasteiger partial charge on any atom is -0.378 e. The van der Waals surface area contributed by atoms with E-state index in [2.05, 4.69) is 20.2 Å². The second kappa shape index (κ2) is 8.59. The molecule has 3 rings (SSSR count). The van der Waals surface area contributed by atoms with Crippen LogP contribution in [-0.2, 0) is 4.74 Å². The van der Waals surface area contributed by atoms with E-state index in [9.17, 15) is 10.1 Å². The molecular weight excluding hydrogens is 348 g/mol. The third-order valence-electron chi connectivity index (χ3n) is 4.47. The maximum atomic E-state index is 11.6. The highest BCUT2D eigenvalue weighted by Gasteiger charge is 2.29. The lowest BCUT2D eigenvalue weighted by molar-refractivity contribution is -0.383. The summed E-state index contributed by atoms with van der Waals surface area (Å²) in [6.07, 6.45) is 3.40. The summed E-state index contributed by atoms with van der Waals surface area (Å²) < 4.78 is 5.30. The fourth-order valence-electron chi connectivity index (χ4n) is 3.22. The van der Waals surface area contributed by atoms with Gasteiger partial charge in [0.15, 0.2) is 0 Å². The molecule has 1 aromatic heterocycles. The Morgan fingerprint density at radius 2 is 1.92 bits per heavy atom. The van der Waals surface area contributed by atoms with E-state index in [1.54, 1.807) is 0 Å². The Bertz CT molecular complexity index is 605. The highest BCUT2D eigenvalue weighted by Crippen LogP contribution is 2.34. The average molecular weight is 371 g/mol. The van der Waals surface area contributed by atoms with Crippen LogP contribution in [0.5, 0.6) is 0 Å². The van der Waals surface area contributed by atoms with Gasteiger partial charge in [0.1, 0.15) is 0 Å². The second-order valence-corrected chi connectivity index (χ2v) is 6.54. The van der Waals surface area contributed by atoms with Crippen molar-refractivity contribution in [1.29, 1.82) is 0 Å². The molecular formula is C15H23ClN6O3. The van der Waals surface area contributed by atoms with E-state index in [1.807, 2.05) is 4.90 Å². The number of halogens is 1. The molecule has 0 bridgehead atoms. The van der Waals surface area contributed by atoms with E-state index in [0.717, 1.165) is 26.1 Å². The van der Waals surface area contributed by atoms with Gasteiger partial charge in [-0.25, -0.2) is 0 Å². The first-order chi connectivity index (χ1) is 12.1. The van der Waals surface area contributed by atoms with Gasteiger partial charge in [0.05, 0.1) is 18.1 Å². The Hall–Kier alpha value is -1.71. The van der Waals surface area contributed by atoms with Crippen molar-refractivity contribution in [1.82, 2.24) is 14.9 Å². The summed E-state index contributed by atoms with van der Waals surface area (Å²) >= 11 is 6.01. The minimum absolute atomic E-state index is 0.00846. The molecule has 0 aliphatic carbocycles. The van der Waals surface area contributed by atoms with Crippen molar-refractivity contribution >= 4 is 28.9 Å². The Labute approximate surface area is 151 Å². The zero-order valence-corrected chi connectivity index (χ0v) is 14.9. The molecule has 2 fully saturated rings. The van der Waals surface area contributed by atoms with Crippen molar-refractivity contribution in [2.75, 3.05) is 62.7 Å². The van der Waals surface area contributed by atoms with Crippen molar-refractivity contribution in [2.24, 2.45) is 0 Å². The van der Waals surface area contributed by atoms with E-state index in [4.69, 9.17) is 16.3 Å². The molecule has 2 saturated heterocycles. The number of hydrogen-bond donors (Lipinski definition) is 1. The first kappa shape index (κ1) is 18.1. The number of hydrogen-bond acceptors (Lipinski definition) is 8. The molecule has 3 heterocycles. The van der Waals surface area contributed by atoms with Gasteiger partial charge in [-0.05, 0) is 50.5 Å². The van der Waals surface area contributed by atoms with Crippen LogP contribution in [0.15, 0.2) is 0 Å². The van der Waals surface area contributed by atoms with Crippen molar-refractivity contribution in [3.8, 4) is 0 Å². The van der Waals surface area contributed by atoms with Gasteiger partial charge < -0.3 is 19.9 Å². The van der Waals surface area contributed by atoms with E-state index in [1.165, 1.54) is 12.8 Å². The van der Waals surface area contributed by atoms with Crippen LogP contribution < -0.4 is 10.2 Å². The van der Waals surface area contributed by atoms with E-state index in [0.29, 0.717) is 32.8 Å². The van der Waals surface area contributed by atoms with Gasteiger partial charge in [-0.3, -0.25) is 10.1 Å². The number of aromatic nitrogens is 2. The molecule has 0 saturated carbocycles. The summed E-state index contributed by atoms with van der Waals surface area (Å²) in [6.45, 7) is 5.98. The number of ether oxygens (including phenoxy) is 1. The van der Waals surface area contributed by atoms with Crippen LogP contribution in [0.3, 0.4) is 0 Å². The second-order valence-electron chi connectivity index (χ2n) is 6.20. The monoisotopic (exact) mass is 370 g/mol. The van der Waals surface area contributed by atoms with Crippen LogP contribution in [-0.4, -0.2) is 72.3 Å². The predicted molar refractivity (Wildman–Crippen MR) is 95.5 cm³/mol. The summed E-state index contributed by atoms with van der Waals surface area (Å²) in [5, 5.41) is 14.7. The van der Waals surface area contributed by atoms with Crippen molar-refractivity contribution < 1.29 is 9.66 Å². The molecule has 0 atom stereocenters. The van der Waals surface area contributed by atoms with E-state index in [-0.39, 0.29) is 22.6 Å². The van der Waals surface area contributed by atoms with E-state index >= 15 is 0 Å². The Morgan fingerprint density at radius 3 is 2.60 bits per heavy atom. The highest BCUT2D eigenvalue weighted by molar-refractivity contribution is 6.28. The molecule has 0 unspecified atom stereocenters. The summed E-state index contributed by atoms with van der Waals surface area (Å²) in [4.78, 5) is 23.6. The molecule has 25 heavy (non-hydrogen) atoms. The molecule has 0 radical (unpaired) electrons. The van der Waals surface area contributed by atoms with Gasteiger partial charge in [-0.15, -0.1) is 0 Å². The number of nitro groups is 1. The molecule has 2 aliphatic heterocycles. The van der Waals surface area contributed by atoms with Crippen molar-refractivity contribution in [2.45, 2.75) is 19.3 Å². The quantitative estimate of drug-likeness (QED) is 0.336. The third kappa shape index (κ3) is 4.68. The van der Waals surface area contributed by atoms with Gasteiger partial charge in [0.2, 0.25) is 16.9 Å². The Kier molecular flexibility index (Phi) is 6.22. The zero-order valence-electron chi connectivity index (χ0n) is 14.1. The van der Waals surface area contributed by atoms with Crippen LogP contribution in [0.4, 0.5) is 17.3 Å². The lowest BCUT2D eigenvalue weighted by Crippen LogP contribution is -2.37. The molecule has 9 nitrogen and oxygen atoms in total. The lowest BCUT2D eigenvalue weighted by atomic mass is 10.3. The van der Waals surface area contributed by atoms with Crippen LogP contribution in [0.25, 0.3) is 0 Å². The van der Waals surface area contributed by atoms with Gasteiger partial charge in [-0.2, -0.15) is 9.97 Å². The minimum atomic E-state index is -0.441. The molecule has 10 heteroatoms. The summed E-state index contributed by atoms with van der Waals surface area (Å²) in [6, 6.07) is 0. The third-order valence-corrected chi connectivity index (χ3v) is 4.64. The fourth-order valence-corrected chi connectivity index (χ4v) is 3.38. The number of anilines is 2. The van der Waals surface area contributed by atoms with Crippen LogP contribution in [0.2, 0.25) is 5.28 Å². The highest BCUT2D eigenvalue weighted by atomic mass is 35.5. The molecule has 1 aromatic rings. The predicted octanol–water partition coefficient (Wildman–Crippen LogP) is 1.77. The lowest BCUT2D eigenvalue weighted by Gasteiger charge is -2.27. The van der Waals surface area contributed by atoms with Crippen molar-refractivity contribution in [3.63, 3.8) is 0 Å². The van der Waals surface area contributed by atoms with E-state index < -0.39 is 4.92 Å². The van der Waals surface area contributed by atoms with Crippen molar-refractivity contribution in [3.05, 3.63) is 15.4 Å². The average Bonchev–Trinajstić information content (AvgIpc) is 3.12. The SMILES string of the molecule is O=[N+]([O-])c1c(NCCCN2CCCC2)nc(Cl)nc1N1CCOCC1. The number of morpholine rings is 1. The topological polar surface area (TPSA) is 96.7 Å². The maximum absolute atomic E-state index is 11.6. The number of rotatable bonds is 7. The normalized spacial score (nSPS) is 18.5. The first-order valence-electron chi connectivity index (χ1n) is 8.66. The van der Waals surface area contributed by atoms with Gasteiger partial charge in [-0.1, -0.05) is 0 Å². The van der Waals surface area contributed by atoms with Gasteiger partial charge in [0, 0.05) is 19.6 Å². The largest absolute Gasteiger partial charge is 0.378 e. The number of nitrogens with zero attached hydrogens (tertiary/aromatic N) is 5. The molecule has 2 aliphatic rings. The number of likely N-dealkylation sites (tertiary alicyclic amines) is 1. The standard InChI is InChI=1S/C15H23ClN6O3/c16-15-18-13(17-4-3-7-20-5-1-2-6-20)12(22(23)24)14(19-15)21-8-10-25-11-9-21/h1-11H2,(H,17,18,19). The molecule has 0 amide bonds. The first-order valence-corrected chi connectivity index (χ1v) is 9.04. The van der Waals surface area contributed by atoms with Crippen LogP contribution in [0, 0.1) is 10.1 Å². The maximum Gasteiger partial charge on any atom is 0.353 e. The molecule has 1 N–H and O–H groups in total. The van der Waals surface area contributed by atoms with Crippen LogP contribution in [0.1, 0.15) is 19.3 Å². The smallest absolute Gasteiger partial charge is 0.353 e. The molecule has 0 aromatic carbocycles. The molecule has 0 spiro atoms. The zero-order chi connectivity index (χ0) is 17.6. The number of nitrogens with one attached hydrogen (secondary N) is 1. The Balaban J connectivity index is 1.70. The van der Waals surface area contributed by atoms with Gasteiger partial charge in [0.25, 0.3) is 0 Å².